The van der Waals surface area contributed by atoms with E-state index in [1.165, 1.54) is 6.07 Å². The molecular weight excluding hydrogens is 253 g/mol. The number of rotatable bonds is 2. The summed E-state index contributed by atoms with van der Waals surface area (Å²) in [6, 6.07) is 4.74. The third kappa shape index (κ3) is 2.83. The SMILES string of the molecule is Cc1ccc(C(=O)N2CCC(CCl)CC2)c(F)c1. The maximum atomic E-state index is 13.7. The number of benzene rings is 1. The predicted octanol–water partition coefficient (Wildman–Crippen LogP) is 3.23. The Morgan fingerprint density at radius 1 is 1.44 bits per heavy atom. The molecule has 98 valence electrons. The fraction of sp³-hybridized carbons (Fsp3) is 0.500. The lowest BCUT2D eigenvalue weighted by Crippen LogP contribution is -2.39. The minimum atomic E-state index is -0.431. The molecule has 0 aliphatic carbocycles. The molecular formula is C14H17ClFNO. The minimum Gasteiger partial charge on any atom is -0.339 e. The van der Waals surface area contributed by atoms with Crippen LogP contribution in [0.4, 0.5) is 4.39 Å². The van der Waals surface area contributed by atoms with Crippen LogP contribution in [-0.2, 0) is 0 Å². The summed E-state index contributed by atoms with van der Waals surface area (Å²) >= 11 is 5.80. The first kappa shape index (κ1) is 13.3. The fourth-order valence-corrected chi connectivity index (χ4v) is 2.56. The molecule has 0 bridgehead atoms. The van der Waals surface area contributed by atoms with Crippen LogP contribution in [0.15, 0.2) is 18.2 Å². The molecule has 0 unspecified atom stereocenters. The van der Waals surface area contributed by atoms with Gasteiger partial charge >= 0.3 is 0 Å². The molecule has 2 rings (SSSR count). The Bertz CT molecular complexity index is 441. The number of nitrogens with zero attached hydrogens (tertiary/aromatic N) is 1. The van der Waals surface area contributed by atoms with Gasteiger partial charge in [-0.2, -0.15) is 0 Å². The number of carbonyl (C=O) groups excluding carboxylic acids is 1. The smallest absolute Gasteiger partial charge is 0.256 e. The van der Waals surface area contributed by atoms with Crippen LogP contribution in [0.3, 0.4) is 0 Å². The Morgan fingerprint density at radius 3 is 2.67 bits per heavy atom. The Hall–Kier alpha value is -1.09. The van der Waals surface area contributed by atoms with Crippen LogP contribution in [-0.4, -0.2) is 29.8 Å². The zero-order chi connectivity index (χ0) is 13.1. The van der Waals surface area contributed by atoms with E-state index in [0.29, 0.717) is 24.9 Å². The second-order valence-electron chi connectivity index (χ2n) is 4.87. The summed E-state index contributed by atoms with van der Waals surface area (Å²) in [5.74, 6) is 0.486. The maximum absolute atomic E-state index is 13.7. The van der Waals surface area contributed by atoms with E-state index in [4.69, 9.17) is 11.6 Å². The number of piperidine rings is 1. The second kappa shape index (κ2) is 5.70. The van der Waals surface area contributed by atoms with Gasteiger partial charge in [-0.3, -0.25) is 4.79 Å². The highest BCUT2D eigenvalue weighted by Gasteiger charge is 2.24. The topological polar surface area (TPSA) is 20.3 Å². The van der Waals surface area contributed by atoms with Gasteiger partial charge in [0.15, 0.2) is 0 Å². The molecule has 1 saturated heterocycles. The average Bonchev–Trinajstić information content (AvgIpc) is 2.38. The highest BCUT2D eigenvalue weighted by Crippen LogP contribution is 2.21. The molecule has 2 nitrogen and oxygen atoms in total. The summed E-state index contributed by atoms with van der Waals surface area (Å²) in [4.78, 5) is 13.9. The third-order valence-electron chi connectivity index (χ3n) is 3.47. The number of aryl methyl sites for hydroxylation is 1. The van der Waals surface area contributed by atoms with Gasteiger partial charge < -0.3 is 4.90 Å². The van der Waals surface area contributed by atoms with Gasteiger partial charge in [0, 0.05) is 19.0 Å². The highest BCUT2D eigenvalue weighted by atomic mass is 35.5. The van der Waals surface area contributed by atoms with Crippen molar-refractivity contribution in [3.8, 4) is 0 Å². The quantitative estimate of drug-likeness (QED) is 0.755. The largest absolute Gasteiger partial charge is 0.339 e. The van der Waals surface area contributed by atoms with E-state index in [9.17, 15) is 9.18 Å². The number of alkyl halides is 1. The molecule has 1 aromatic carbocycles. The van der Waals surface area contributed by atoms with Crippen molar-refractivity contribution in [3.63, 3.8) is 0 Å². The molecule has 18 heavy (non-hydrogen) atoms. The van der Waals surface area contributed by atoms with Crippen molar-refractivity contribution in [1.82, 2.24) is 4.90 Å². The van der Waals surface area contributed by atoms with Crippen molar-refractivity contribution in [2.24, 2.45) is 5.92 Å². The Morgan fingerprint density at radius 2 is 2.11 bits per heavy atom. The van der Waals surface area contributed by atoms with Crippen LogP contribution in [0.1, 0.15) is 28.8 Å². The van der Waals surface area contributed by atoms with E-state index >= 15 is 0 Å². The average molecular weight is 270 g/mol. The molecule has 1 aliphatic heterocycles. The zero-order valence-corrected chi connectivity index (χ0v) is 11.2. The van der Waals surface area contributed by atoms with Crippen molar-refractivity contribution >= 4 is 17.5 Å². The van der Waals surface area contributed by atoms with Crippen molar-refractivity contribution in [3.05, 3.63) is 35.1 Å². The van der Waals surface area contributed by atoms with E-state index in [0.717, 1.165) is 18.4 Å². The number of likely N-dealkylation sites (tertiary alicyclic amines) is 1. The molecule has 0 radical (unpaired) electrons. The lowest BCUT2D eigenvalue weighted by molar-refractivity contribution is 0.0693. The number of hydrogen-bond acceptors (Lipinski definition) is 1. The molecule has 0 atom stereocenters. The Balaban J connectivity index is 2.08. The van der Waals surface area contributed by atoms with Crippen LogP contribution < -0.4 is 0 Å². The van der Waals surface area contributed by atoms with E-state index in [-0.39, 0.29) is 11.5 Å². The maximum Gasteiger partial charge on any atom is 0.256 e. The van der Waals surface area contributed by atoms with Gasteiger partial charge in [-0.1, -0.05) is 6.07 Å². The monoisotopic (exact) mass is 269 g/mol. The zero-order valence-electron chi connectivity index (χ0n) is 10.5. The first-order valence-electron chi connectivity index (χ1n) is 6.23. The van der Waals surface area contributed by atoms with Crippen LogP contribution in [0.5, 0.6) is 0 Å². The molecule has 0 aromatic heterocycles. The predicted molar refractivity (Wildman–Crippen MR) is 70.5 cm³/mol. The Labute approximate surface area is 112 Å². The molecule has 1 amide bonds. The lowest BCUT2D eigenvalue weighted by atomic mass is 9.98. The molecule has 0 saturated carbocycles. The van der Waals surface area contributed by atoms with Crippen molar-refractivity contribution in [2.45, 2.75) is 19.8 Å². The van der Waals surface area contributed by atoms with E-state index in [1.807, 2.05) is 6.92 Å². The first-order valence-corrected chi connectivity index (χ1v) is 6.76. The molecule has 1 aliphatic rings. The van der Waals surface area contributed by atoms with Gasteiger partial charge in [-0.25, -0.2) is 4.39 Å². The number of carbonyl (C=O) groups is 1. The molecule has 1 aromatic rings. The van der Waals surface area contributed by atoms with Crippen molar-refractivity contribution < 1.29 is 9.18 Å². The molecule has 4 heteroatoms. The molecule has 0 N–H and O–H groups in total. The second-order valence-corrected chi connectivity index (χ2v) is 5.18. The van der Waals surface area contributed by atoms with E-state index in [1.54, 1.807) is 17.0 Å². The van der Waals surface area contributed by atoms with Gasteiger partial charge in [0.05, 0.1) is 5.56 Å². The summed E-state index contributed by atoms with van der Waals surface area (Å²) in [6.07, 6.45) is 1.81. The first-order chi connectivity index (χ1) is 8.61. The van der Waals surface area contributed by atoms with Crippen LogP contribution >= 0.6 is 11.6 Å². The summed E-state index contributed by atoms with van der Waals surface area (Å²) in [6.45, 7) is 3.15. The van der Waals surface area contributed by atoms with Crippen LogP contribution in [0.25, 0.3) is 0 Å². The van der Waals surface area contributed by atoms with Gasteiger partial charge in [0.2, 0.25) is 0 Å². The number of hydrogen-bond donors (Lipinski definition) is 0. The van der Waals surface area contributed by atoms with Crippen molar-refractivity contribution in [2.75, 3.05) is 19.0 Å². The summed E-state index contributed by atoms with van der Waals surface area (Å²) < 4.78 is 13.7. The lowest BCUT2D eigenvalue weighted by Gasteiger charge is -2.31. The normalized spacial score (nSPS) is 16.9. The fourth-order valence-electron chi connectivity index (χ4n) is 2.25. The third-order valence-corrected chi connectivity index (χ3v) is 3.91. The van der Waals surface area contributed by atoms with Crippen molar-refractivity contribution in [1.29, 1.82) is 0 Å². The van der Waals surface area contributed by atoms with Gasteiger partial charge in [-0.05, 0) is 43.4 Å². The Kier molecular flexibility index (Phi) is 4.23. The molecule has 1 fully saturated rings. The summed E-state index contributed by atoms with van der Waals surface area (Å²) in [7, 11) is 0. The van der Waals surface area contributed by atoms with E-state index in [2.05, 4.69) is 0 Å². The van der Waals surface area contributed by atoms with E-state index < -0.39 is 5.82 Å². The van der Waals surface area contributed by atoms with Gasteiger partial charge in [0.1, 0.15) is 5.82 Å². The summed E-state index contributed by atoms with van der Waals surface area (Å²) in [5, 5.41) is 0. The van der Waals surface area contributed by atoms with Crippen LogP contribution in [0, 0.1) is 18.7 Å². The standard InChI is InChI=1S/C14H17ClFNO/c1-10-2-3-12(13(16)8-10)14(18)17-6-4-11(9-15)5-7-17/h2-3,8,11H,4-7,9H2,1H3. The van der Waals surface area contributed by atoms with Crippen LogP contribution in [0.2, 0.25) is 0 Å². The molecule has 0 spiro atoms. The minimum absolute atomic E-state index is 0.171. The summed E-state index contributed by atoms with van der Waals surface area (Å²) in [5.41, 5.74) is 0.995. The highest BCUT2D eigenvalue weighted by molar-refractivity contribution is 6.18. The molecule has 1 heterocycles. The van der Waals surface area contributed by atoms with Gasteiger partial charge in [0.25, 0.3) is 5.91 Å². The van der Waals surface area contributed by atoms with Gasteiger partial charge in [-0.15, -0.1) is 11.6 Å². The number of amides is 1. The number of halogens is 2.